The van der Waals surface area contributed by atoms with Crippen LogP contribution in [-0.2, 0) is 4.79 Å². The van der Waals surface area contributed by atoms with Crippen LogP contribution < -0.4 is 4.74 Å². The van der Waals surface area contributed by atoms with E-state index < -0.39 is 0 Å². The van der Waals surface area contributed by atoms with Crippen LogP contribution in [0.4, 0.5) is 0 Å². The lowest BCUT2D eigenvalue weighted by atomic mass is 9.78. The van der Waals surface area contributed by atoms with Crippen molar-refractivity contribution in [3.63, 3.8) is 0 Å². The highest BCUT2D eigenvalue weighted by molar-refractivity contribution is 14.1. The summed E-state index contributed by atoms with van der Waals surface area (Å²) in [5.74, 6) is 1.26. The van der Waals surface area contributed by atoms with E-state index in [4.69, 9.17) is 4.74 Å². The maximum Gasteiger partial charge on any atom is 0.140 e. The minimum absolute atomic E-state index is 0.0830. The van der Waals surface area contributed by atoms with E-state index in [-0.39, 0.29) is 5.92 Å². The zero-order valence-corrected chi connectivity index (χ0v) is 10.1. The van der Waals surface area contributed by atoms with Crippen molar-refractivity contribution >= 4 is 28.4 Å². The summed E-state index contributed by atoms with van der Waals surface area (Å²) in [4.78, 5) is 11.4. The zero-order valence-electron chi connectivity index (χ0n) is 7.92. The van der Waals surface area contributed by atoms with Gasteiger partial charge < -0.3 is 4.74 Å². The van der Waals surface area contributed by atoms with Crippen LogP contribution in [0.5, 0.6) is 5.75 Å². The molecule has 1 saturated carbocycles. The Morgan fingerprint density at radius 2 is 2.29 bits per heavy atom. The summed E-state index contributed by atoms with van der Waals surface area (Å²) in [6.45, 7) is 0. The van der Waals surface area contributed by atoms with Gasteiger partial charge in [-0.2, -0.15) is 0 Å². The van der Waals surface area contributed by atoms with Gasteiger partial charge in [0.25, 0.3) is 0 Å². The Hall–Kier alpha value is -0.580. The number of Topliss-reactive ketones (excluding diaryl/α,β-unsaturated/α-hetero) is 1. The van der Waals surface area contributed by atoms with Crippen molar-refractivity contribution in [1.82, 2.24) is 0 Å². The Balaban J connectivity index is 2.39. The van der Waals surface area contributed by atoms with E-state index in [0.29, 0.717) is 5.78 Å². The van der Waals surface area contributed by atoms with E-state index in [0.717, 1.165) is 27.7 Å². The van der Waals surface area contributed by atoms with Crippen LogP contribution >= 0.6 is 22.6 Å². The molecule has 0 spiro atoms. The fourth-order valence-electron chi connectivity index (χ4n) is 1.71. The first-order valence-electron chi connectivity index (χ1n) is 4.58. The molecule has 0 bridgehead atoms. The smallest absolute Gasteiger partial charge is 0.140 e. The van der Waals surface area contributed by atoms with Gasteiger partial charge in [0.05, 0.1) is 7.11 Å². The fraction of sp³-hybridized carbons (Fsp3) is 0.364. The molecule has 1 atom stereocenters. The van der Waals surface area contributed by atoms with Crippen LogP contribution in [0.1, 0.15) is 24.3 Å². The predicted molar refractivity (Wildman–Crippen MR) is 62.7 cm³/mol. The van der Waals surface area contributed by atoms with E-state index in [9.17, 15) is 4.79 Å². The number of ketones is 1. The zero-order chi connectivity index (χ0) is 10.1. The number of rotatable bonds is 2. The monoisotopic (exact) mass is 302 g/mol. The molecule has 1 aromatic carbocycles. The van der Waals surface area contributed by atoms with Gasteiger partial charge >= 0.3 is 0 Å². The summed E-state index contributed by atoms with van der Waals surface area (Å²) >= 11 is 2.25. The maximum atomic E-state index is 11.4. The number of ether oxygens (including phenoxy) is 1. The third-order valence-electron chi connectivity index (χ3n) is 2.64. The van der Waals surface area contributed by atoms with Crippen LogP contribution in [0.25, 0.3) is 0 Å². The van der Waals surface area contributed by atoms with Gasteiger partial charge in [0.2, 0.25) is 0 Å². The third-order valence-corrected chi connectivity index (χ3v) is 3.31. The van der Waals surface area contributed by atoms with E-state index in [1.807, 2.05) is 18.2 Å². The molecular weight excluding hydrogens is 291 g/mol. The van der Waals surface area contributed by atoms with Gasteiger partial charge in [-0.3, -0.25) is 4.79 Å². The summed E-state index contributed by atoms with van der Waals surface area (Å²) in [5.41, 5.74) is 1.05. The molecule has 0 N–H and O–H groups in total. The lowest BCUT2D eigenvalue weighted by Gasteiger charge is -2.25. The first-order valence-corrected chi connectivity index (χ1v) is 5.66. The molecule has 1 aliphatic carbocycles. The molecule has 1 aromatic rings. The van der Waals surface area contributed by atoms with E-state index in [1.54, 1.807) is 7.11 Å². The van der Waals surface area contributed by atoms with E-state index in [2.05, 4.69) is 22.6 Å². The van der Waals surface area contributed by atoms with Crippen LogP contribution in [0.15, 0.2) is 18.2 Å². The fourth-order valence-corrected chi connectivity index (χ4v) is 2.23. The Bertz CT molecular complexity index is 374. The van der Waals surface area contributed by atoms with Gasteiger partial charge in [-0.05, 0) is 47.2 Å². The molecule has 0 aliphatic heterocycles. The highest BCUT2D eigenvalue weighted by Crippen LogP contribution is 2.38. The lowest BCUT2D eigenvalue weighted by Crippen LogP contribution is -2.23. The Morgan fingerprint density at radius 1 is 1.50 bits per heavy atom. The Labute approximate surface area is 96.8 Å². The van der Waals surface area contributed by atoms with E-state index >= 15 is 0 Å². The second-order valence-corrected chi connectivity index (χ2v) is 4.69. The largest absolute Gasteiger partial charge is 0.496 e. The van der Waals surface area contributed by atoms with Gasteiger partial charge in [-0.15, -0.1) is 0 Å². The average Bonchev–Trinajstić information content (AvgIpc) is 2.16. The second-order valence-electron chi connectivity index (χ2n) is 3.44. The molecular formula is C11H11IO2. The first-order chi connectivity index (χ1) is 6.72. The van der Waals surface area contributed by atoms with Crippen LogP contribution in [-0.4, -0.2) is 12.9 Å². The highest BCUT2D eigenvalue weighted by Gasteiger charge is 2.31. The number of hydrogen-bond acceptors (Lipinski definition) is 2. The van der Waals surface area contributed by atoms with Gasteiger partial charge in [0.15, 0.2) is 0 Å². The number of carbonyl (C=O) groups excluding carboxylic acids is 1. The molecule has 0 radical (unpaired) electrons. The molecule has 1 unspecified atom stereocenters. The minimum Gasteiger partial charge on any atom is -0.496 e. The SMILES string of the molecule is COc1ccc(I)cc1C1CCC1=O. The van der Waals surface area contributed by atoms with Crippen molar-refractivity contribution in [2.24, 2.45) is 0 Å². The summed E-state index contributed by atoms with van der Waals surface area (Å²) in [5, 5.41) is 0. The standard InChI is InChI=1S/C11H11IO2/c1-14-11-5-2-7(12)6-9(11)8-3-4-10(8)13/h2,5-6,8H,3-4H2,1H3. The second kappa shape index (κ2) is 3.88. The van der Waals surface area contributed by atoms with E-state index in [1.165, 1.54) is 0 Å². The molecule has 0 heterocycles. The quantitative estimate of drug-likeness (QED) is 0.785. The molecule has 2 rings (SSSR count). The van der Waals surface area contributed by atoms with Crippen molar-refractivity contribution in [2.45, 2.75) is 18.8 Å². The maximum absolute atomic E-state index is 11.4. The van der Waals surface area contributed by atoms with Crippen LogP contribution in [0.2, 0.25) is 0 Å². The molecule has 1 fully saturated rings. The third kappa shape index (κ3) is 1.65. The normalized spacial score (nSPS) is 20.4. The molecule has 0 aromatic heterocycles. The molecule has 2 nitrogen and oxygen atoms in total. The van der Waals surface area contributed by atoms with Crippen molar-refractivity contribution in [3.8, 4) is 5.75 Å². The topological polar surface area (TPSA) is 26.3 Å². The number of hydrogen-bond donors (Lipinski definition) is 0. The van der Waals surface area contributed by atoms with Gasteiger partial charge in [-0.1, -0.05) is 0 Å². The summed E-state index contributed by atoms with van der Waals surface area (Å²) in [6.07, 6.45) is 1.69. The lowest BCUT2D eigenvalue weighted by molar-refractivity contribution is -0.125. The number of carbonyl (C=O) groups is 1. The van der Waals surface area contributed by atoms with Crippen molar-refractivity contribution in [3.05, 3.63) is 27.3 Å². The van der Waals surface area contributed by atoms with Gasteiger partial charge in [0.1, 0.15) is 11.5 Å². The predicted octanol–water partition coefficient (Wildman–Crippen LogP) is 2.75. The molecule has 3 heteroatoms. The van der Waals surface area contributed by atoms with Crippen LogP contribution in [0.3, 0.4) is 0 Å². The minimum atomic E-state index is 0.0830. The summed E-state index contributed by atoms with van der Waals surface area (Å²) < 4.78 is 6.40. The summed E-state index contributed by atoms with van der Waals surface area (Å²) in [6, 6.07) is 5.97. The Morgan fingerprint density at radius 3 is 2.79 bits per heavy atom. The van der Waals surface area contributed by atoms with Crippen molar-refractivity contribution in [2.75, 3.05) is 7.11 Å². The molecule has 1 aliphatic rings. The molecule has 14 heavy (non-hydrogen) atoms. The number of methoxy groups -OCH3 is 1. The van der Waals surface area contributed by atoms with Crippen LogP contribution in [0, 0.1) is 3.57 Å². The molecule has 0 amide bonds. The number of halogens is 1. The number of benzene rings is 1. The van der Waals surface area contributed by atoms with Gasteiger partial charge in [0, 0.05) is 21.5 Å². The molecule has 0 saturated heterocycles. The van der Waals surface area contributed by atoms with Crippen molar-refractivity contribution in [1.29, 1.82) is 0 Å². The molecule has 74 valence electrons. The van der Waals surface area contributed by atoms with Crippen molar-refractivity contribution < 1.29 is 9.53 Å². The Kier molecular flexibility index (Phi) is 2.76. The highest BCUT2D eigenvalue weighted by atomic mass is 127. The van der Waals surface area contributed by atoms with Gasteiger partial charge in [-0.25, -0.2) is 0 Å². The average molecular weight is 302 g/mol. The first kappa shape index (κ1) is 9.96. The summed E-state index contributed by atoms with van der Waals surface area (Å²) in [7, 11) is 1.65.